The van der Waals surface area contributed by atoms with E-state index in [2.05, 4.69) is 32.6 Å². The Morgan fingerprint density at radius 3 is 2.73 bits per heavy atom. The van der Waals surface area contributed by atoms with Gasteiger partial charge in [0.1, 0.15) is 11.5 Å². The van der Waals surface area contributed by atoms with Gasteiger partial charge in [-0.05, 0) is 36.2 Å². The zero-order valence-electron chi connectivity index (χ0n) is 17.5. The van der Waals surface area contributed by atoms with Crippen molar-refractivity contribution in [2.24, 2.45) is 34.0 Å². The molecule has 164 valence electrons. The van der Waals surface area contributed by atoms with Crippen molar-refractivity contribution in [3.63, 3.8) is 0 Å². The van der Waals surface area contributed by atoms with Crippen LogP contribution in [0.2, 0.25) is 0 Å². The Bertz CT molecular complexity index is 862. The molecule has 0 aromatic heterocycles. The molecule has 8 atom stereocenters. The van der Waals surface area contributed by atoms with E-state index in [1.54, 1.807) is 0 Å². The third kappa shape index (κ3) is 2.01. The lowest BCUT2D eigenvalue weighted by atomic mass is 9.37. The van der Waals surface area contributed by atoms with Gasteiger partial charge in [-0.2, -0.15) is 0 Å². The molecular formula is C23H30O7. The number of carboxylic acid groups (broad SMARTS) is 1. The van der Waals surface area contributed by atoms with Gasteiger partial charge in [0.25, 0.3) is 0 Å². The zero-order valence-corrected chi connectivity index (χ0v) is 17.5. The summed E-state index contributed by atoms with van der Waals surface area (Å²) < 4.78 is 12.4. The molecule has 3 N–H and O–H groups in total. The number of ketones is 1. The van der Waals surface area contributed by atoms with E-state index in [1.807, 2.05) is 0 Å². The Morgan fingerprint density at radius 1 is 1.30 bits per heavy atom. The quantitative estimate of drug-likeness (QED) is 0.470. The molecule has 0 aromatic carbocycles. The van der Waals surface area contributed by atoms with Gasteiger partial charge in [-0.15, -0.1) is 0 Å². The molecule has 2 heterocycles. The Hall–Kier alpha value is -1.54. The number of Topliss-reactive ketones (excluding diaryl/α,β-unsaturated/α-hetero) is 1. The van der Waals surface area contributed by atoms with Crippen molar-refractivity contribution < 1.29 is 34.4 Å². The first kappa shape index (κ1) is 20.4. The highest BCUT2D eigenvalue weighted by atomic mass is 16.7. The number of fused-ring (bicyclic) bond motifs is 2. The largest absolute Gasteiger partial charge is 0.481 e. The smallest absolute Gasteiger partial charge is 0.305 e. The van der Waals surface area contributed by atoms with Gasteiger partial charge in [-0.3, -0.25) is 9.59 Å². The molecule has 4 bridgehead atoms. The first-order valence-corrected chi connectivity index (χ1v) is 10.8. The van der Waals surface area contributed by atoms with Crippen LogP contribution in [0.25, 0.3) is 0 Å². The van der Waals surface area contributed by atoms with E-state index in [-0.39, 0.29) is 48.6 Å². The summed E-state index contributed by atoms with van der Waals surface area (Å²) in [5, 5.41) is 32.4. The number of allylic oxidation sites excluding steroid dienone is 1. The SMILES string of the molecule is C=C1C(=O)[C@]23[C@H](O)[C@H]1CC[C@H]2[C@]12C=CCC(C)(C)[C@H]1[C@H](O)[C@@]3(OCCC(=O)O)OC2. The second-order valence-corrected chi connectivity index (χ2v) is 10.5. The summed E-state index contributed by atoms with van der Waals surface area (Å²) in [5.41, 5.74) is -1.98. The van der Waals surface area contributed by atoms with E-state index in [9.17, 15) is 19.8 Å². The number of hydrogen-bond acceptors (Lipinski definition) is 6. The molecule has 0 unspecified atom stereocenters. The van der Waals surface area contributed by atoms with Crippen LogP contribution in [0.5, 0.6) is 0 Å². The van der Waals surface area contributed by atoms with Crippen LogP contribution >= 0.6 is 0 Å². The Balaban J connectivity index is 1.74. The molecule has 6 rings (SSSR count). The summed E-state index contributed by atoms with van der Waals surface area (Å²) in [6.07, 6.45) is 3.79. The molecule has 2 aliphatic heterocycles. The minimum Gasteiger partial charge on any atom is -0.481 e. The first-order chi connectivity index (χ1) is 14.1. The van der Waals surface area contributed by atoms with Gasteiger partial charge in [0.15, 0.2) is 5.78 Å². The summed E-state index contributed by atoms with van der Waals surface area (Å²) >= 11 is 0. The average molecular weight is 418 g/mol. The third-order valence-corrected chi connectivity index (χ3v) is 8.87. The fourth-order valence-corrected chi connectivity index (χ4v) is 7.92. The van der Waals surface area contributed by atoms with Crippen LogP contribution in [0.4, 0.5) is 0 Å². The third-order valence-electron chi connectivity index (χ3n) is 8.87. The maximum atomic E-state index is 13.8. The Kier molecular flexibility index (Phi) is 4.09. The maximum Gasteiger partial charge on any atom is 0.305 e. The number of hydrogen-bond donors (Lipinski definition) is 3. The van der Waals surface area contributed by atoms with Crippen LogP contribution in [0, 0.1) is 34.0 Å². The van der Waals surface area contributed by atoms with Crippen molar-refractivity contribution in [2.45, 2.75) is 57.5 Å². The maximum absolute atomic E-state index is 13.8. The van der Waals surface area contributed by atoms with Crippen LogP contribution in [-0.2, 0) is 19.1 Å². The van der Waals surface area contributed by atoms with E-state index in [0.717, 1.165) is 6.42 Å². The fourth-order valence-electron chi connectivity index (χ4n) is 7.92. The molecule has 0 aromatic rings. The van der Waals surface area contributed by atoms with Crippen molar-refractivity contribution in [2.75, 3.05) is 13.2 Å². The van der Waals surface area contributed by atoms with Crippen molar-refractivity contribution in [3.05, 3.63) is 24.3 Å². The van der Waals surface area contributed by atoms with Crippen LogP contribution in [0.1, 0.15) is 39.5 Å². The van der Waals surface area contributed by atoms with Gasteiger partial charge < -0.3 is 24.8 Å². The number of rotatable bonds is 4. The van der Waals surface area contributed by atoms with Gasteiger partial charge in [-0.1, -0.05) is 32.6 Å². The molecule has 4 aliphatic carbocycles. The number of carbonyl (C=O) groups is 2. The van der Waals surface area contributed by atoms with Crippen LogP contribution in [-0.4, -0.2) is 58.3 Å². The number of carboxylic acids is 1. The lowest BCUT2D eigenvalue weighted by Crippen LogP contribution is -2.83. The van der Waals surface area contributed by atoms with Gasteiger partial charge in [-0.25, -0.2) is 0 Å². The minimum atomic E-state index is -1.78. The molecule has 7 nitrogen and oxygen atoms in total. The second kappa shape index (κ2) is 6.03. The summed E-state index contributed by atoms with van der Waals surface area (Å²) in [4.78, 5) is 24.9. The van der Waals surface area contributed by atoms with Crippen LogP contribution < -0.4 is 0 Å². The molecule has 7 heteroatoms. The Labute approximate surface area is 175 Å². The normalized spacial score (nSPS) is 50.3. The monoisotopic (exact) mass is 418 g/mol. The molecule has 2 spiro atoms. The molecule has 0 radical (unpaired) electrons. The number of ether oxygens (including phenoxy) is 2. The summed E-state index contributed by atoms with van der Waals surface area (Å²) in [6, 6.07) is 0. The second-order valence-electron chi connectivity index (χ2n) is 10.5. The van der Waals surface area contributed by atoms with Crippen molar-refractivity contribution >= 4 is 11.8 Å². The van der Waals surface area contributed by atoms with E-state index in [0.29, 0.717) is 18.4 Å². The topological polar surface area (TPSA) is 113 Å². The summed E-state index contributed by atoms with van der Waals surface area (Å²) in [5.74, 6) is -4.02. The fraction of sp³-hybridized carbons (Fsp3) is 0.739. The zero-order chi connectivity index (χ0) is 21.7. The highest BCUT2D eigenvalue weighted by Crippen LogP contribution is 2.76. The average Bonchev–Trinajstić information content (AvgIpc) is 2.77. The highest BCUT2D eigenvalue weighted by molar-refractivity contribution is 6.05. The lowest BCUT2D eigenvalue weighted by molar-refractivity contribution is -0.447. The molecule has 5 fully saturated rings. The number of carbonyl (C=O) groups excluding carboxylic acids is 1. The first-order valence-electron chi connectivity index (χ1n) is 10.8. The van der Waals surface area contributed by atoms with E-state index < -0.39 is 34.8 Å². The predicted molar refractivity (Wildman–Crippen MR) is 105 cm³/mol. The lowest BCUT2D eigenvalue weighted by Gasteiger charge is -2.73. The highest BCUT2D eigenvalue weighted by Gasteiger charge is 2.86. The van der Waals surface area contributed by atoms with Crippen LogP contribution in [0.3, 0.4) is 0 Å². The molecule has 3 saturated carbocycles. The van der Waals surface area contributed by atoms with Gasteiger partial charge in [0.05, 0.1) is 25.7 Å². The molecule has 30 heavy (non-hydrogen) atoms. The Morgan fingerprint density at radius 2 is 2.03 bits per heavy atom. The van der Waals surface area contributed by atoms with E-state index >= 15 is 0 Å². The van der Waals surface area contributed by atoms with Crippen LogP contribution in [0.15, 0.2) is 24.3 Å². The molecule has 2 saturated heterocycles. The van der Waals surface area contributed by atoms with Crippen molar-refractivity contribution in [1.82, 2.24) is 0 Å². The van der Waals surface area contributed by atoms with Crippen molar-refractivity contribution in [1.29, 1.82) is 0 Å². The minimum absolute atomic E-state index is 0.214. The summed E-state index contributed by atoms with van der Waals surface area (Å²) in [7, 11) is 0. The van der Waals surface area contributed by atoms with Gasteiger partial charge in [0, 0.05) is 17.3 Å². The number of aliphatic hydroxyl groups is 2. The molecular weight excluding hydrogens is 388 g/mol. The van der Waals surface area contributed by atoms with Gasteiger partial charge >= 0.3 is 5.97 Å². The molecule has 6 aliphatic rings. The number of aliphatic hydroxyl groups excluding tert-OH is 2. The van der Waals surface area contributed by atoms with Crippen molar-refractivity contribution in [3.8, 4) is 0 Å². The number of aliphatic carboxylic acids is 1. The van der Waals surface area contributed by atoms with E-state index in [4.69, 9.17) is 14.6 Å². The predicted octanol–water partition coefficient (Wildman–Crippen LogP) is 1.68. The summed E-state index contributed by atoms with van der Waals surface area (Å²) in [6.45, 7) is 8.23. The molecule has 0 amide bonds. The van der Waals surface area contributed by atoms with E-state index in [1.165, 1.54) is 0 Å². The van der Waals surface area contributed by atoms with Gasteiger partial charge in [0.2, 0.25) is 5.79 Å². The standard InChI is InChI=1S/C23H30O7/c1-12-13-5-6-14-21-9-4-8-20(2,3)16(21)19(28)23(30-11-21,29-10-7-15(24)25)22(14,17(12)26)18(13)27/h4,9,13-14,16,18-19,27-28H,1,5-8,10-11H2,2-3H3,(H,24,25)/t13-,14-,16+,18+,19-,21+,22-,23+/m0/s1.